The summed E-state index contributed by atoms with van der Waals surface area (Å²) >= 11 is 0. The topological polar surface area (TPSA) is 57.0 Å². The van der Waals surface area contributed by atoms with Crippen molar-refractivity contribution in [2.24, 2.45) is 5.92 Å². The van der Waals surface area contributed by atoms with E-state index in [1.54, 1.807) is 18.3 Å². The first-order valence-electron chi connectivity index (χ1n) is 12.6. The number of para-hydroxylation sites is 1. The molecule has 6 rings (SSSR count). The maximum atomic E-state index is 13.3. The van der Waals surface area contributed by atoms with Gasteiger partial charge < -0.3 is 14.7 Å². The van der Waals surface area contributed by atoms with Crippen molar-refractivity contribution in [2.75, 3.05) is 49.1 Å². The average Bonchev–Trinajstić information content (AvgIpc) is 3.38. The number of rotatable bonds is 4. The number of carbonyl (C=O) groups excluding carboxylic acids is 1. The van der Waals surface area contributed by atoms with Gasteiger partial charge in [0, 0.05) is 68.8 Å². The Bertz CT molecular complexity index is 1340. The lowest BCUT2D eigenvalue weighted by atomic mass is 9.95. The minimum Gasteiger partial charge on any atom is -0.368 e. The molecule has 0 spiro atoms. The van der Waals surface area contributed by atoms with Crippen LogP contribution in [0.2, 0.25) is 0 Å². The Morgan fingerprint density at radius 2 is 1.58 bits per heavy atom. The number of hydrogen-bond donors (Lipinski definition) is 0. The van der Waals surface area contributed by atoms with Gasteiger partial charge in [0.15, 0.2) is 5.82 Å². The van der Waals surface area contributed by atoms with Crippen LogP contribution in [0.15, 0.2) is 73.1 Å². The van der Waals surface area contributed by atoms with Crippen LogP contribution in [0.4, 0.5) is 15.9 Å². The average molecular weight is 485 g/mol. The van der Waals surface area contributed by atoms with Crippen LogP contribution in [0.25, 0.3) is 16.8 Å². The largest absolute Gasteiger partial charge is 0.368 e. The van der Waals surface area contributed by atoms with E-state index in [0.29, 0.717) is 0 Å². The zero-order chi connectivity index (χ0) is 24.5. The minimum atomic E-state index is -0.264. The number of nitrogens with zero attached hydrogens (tertiary/aromatic N) is 6. The monoisotopic (exact) mass is 484 g/mol. The van der Waals surface area contributed by atoms with Crippen LogP contribution in [0.3, 0.4) is 0 Å². The second-order valence-corrected chi connectivity index (χ2v) is 9.53. The van der Waals surface area contributed by atoms with E-state index in [9.17, 15) is 9.18 Å². The van der Waals surface area contributed by atoms with E-state index in [1.807, 2.05) is 27.7 Å². The second kappa shape index (κ2) is 9.60. The van der Waals surface area contributed by atoms with E-state index in [2.05, 4.69) is 44.1 Å². The van der Waals surface area contributed by atoms with Crippen molar-refractivity contribution >= 4 is 22.9 Å². The highest BCUT2D eigenvalue weighted by Crippen LogP contribution is 2.29. The molecular weight excluding hydrogens is 455 g/mol. The molecule has 2 aromatic heterocycles. The summed E-state index contributed by atoms with van der Waals surface area (Å²) in [5, 5.41) is 4.66. The lowest BCUT2D eigenvalue weighted by Gasteiger charge is -2.39. The Morgan fingerprint density at radius 1 is 0.861 bits per heavy atom. The standard InChI is InChI=1S/C28H29FN6O/c29-23-8-6-21(7-9-23)25-20-26-27(30-12-15-35(26)31-25)33-13-10-22(11-14-33)28(36)34-18-16-32(17-19-34)24-4-2-1-3-5-24/h1-9,12,15,20,22H,10-11,13-14,16-19H2. The lowest BCUT2D eigenvalue weighted by molar-refractivity contribution is -0.136. The summed E-state index contributed by atoms with van der Waals surface area (Å²) in [4.78, 5) is 24.6. The molecule has 7 nitrogen and oxygen atoms in total. The van der Waals surface area contributed by atoms with Crippen molar-refractivity contribution < 1.29 is 9.18 Å². The first kappa shape index (κ1) is 22.5. The van der Waals surface area contributed by atoms with Crippen LogP contribution in [0.5, 0.6) is 0 Å². The lowest BCUT2D eigenvalue weighted by Crippen LogP contribution is -2.51. The predicted molar refractivity (Wildman–Crippen MR) is 139 cm³/mol. The maximum Gasteiger partial charge on any atom is 0.225 e. The molecule has 2 aromatic carbocycles. The number of piperidine rings is 1. The highest BCUT2D eigenvalue weighted by molar-refractivity contribution is 5.80. The number of aromatic nitrogens is 3. The van der Waals surface area contributed by atoms with Crippen LogP contribution >= 0.6 is 0 Å². The fraction of sp³-hybridized carbons (Fsp3) is 0.321. The van der Waals surface area contributed by atoms with E-state index in [1.165, 1.54) is 17.8 Å². The van der Waals surface area contributed by atoms with Gasteiger partial charge in [-0.25, -0.2) is 13.9 Å². The number of piperazine rings is 1. The predicted octanol–water partition coefficient (Wildman–Crippen LogP) is 4.10. The quantitative estimate of drug-likeness (QED) is 0.437. The summed E-state index contributed by atoms with van der Waals surface area (Å²) in [5.41, 5.74) is 3.78. The van der Waals surface area contributed by atoms with Crippen LogP contribution in [-0.4, -0.2) is 64.7 Å². The number of benzene rings is 2. The van der Waals surface area contributed by atoms with Gasteiger partial charge in [-0.3, -0.25) is 4.79 Å². The van der Waals surface area contributed by atoms with E-state index in [-0.39, 0.29) is 17.6 Å². The molecule has 184 valence electrons. The van der Waals surface area contributed by atoms with Crippen LogP contribution < -0.4 is 9.80 Å². The third-order valence-corrected chi connectivity index (χ3v) is 7.37. The molecule has 0 atom stereocenters. The molecule has 0 bridgehead atoms. The Morgan fingerprint density at radius 3 is 2.31 bits per heavy atom. The molecule has 0 unspecified atom stereocenters. The van der Waals surface area contributed by atoms with Gasteiger partial charge in [0.2, 0.25) is 5.91 Å². The Balaban J connectivity index is 1.10. The summed E-state index contributed by atoms with van der Waals surface area (Å²) in [6.07, 6.45) is 5.23. The molecule has 0 N–H and O–H groups in total. The Kier molecular flexibility index (Phi) is 6.01. The highest BCUT2D eigenvalue weighted by atomic mass is 19.1. The summed E-state index contributed by atoms with van der Waals surface area (Å²) in [6, 6.07) is 18.8. The number of fused-ring (bicyclic) bond motifs is 1. The van der Waals surface area contributed by atoms with Crippen molar-refractivity contribution in [3.8, 4) is 11.3 Å². The van der Waals surface area contributed by atoms with Crippen molar-refractivity contribution in [3.05, 3.63) is 78.9 Å². The van der Waals surface area contributed by atoms with Gasteiger partial charge in [-0.2, -0.15) is 5.10 Å². The van der Waals surface area contributed by atoms with Crippen LogP contribution in [0, 0.1) is 11.7 Å². The first-order valence-corrected chi connectivity index (χ1v) is 12.6. The Labute approximate surface area is 209 Å². The molecule has 4 heterocycles. The van der Waals surface area contributed by atoms with E-state index < -0.39 is 0 Å². The summed E-state index contributed by atoms with van der Waals surface area (Å²) < 4.78 is 15.2. The van der Waals surface area contributed by atoms with Gasteiger partial charge in [-0.05, 0) is 55.3 Å². The van der Waals surface area contributed by atoms with Crippen molar-refractivity contribution in [1.82, 2.24) is 19.5 Å². The first-order chi connectivity index (χ1) is 17.7. The fourth-order valence-corrected chi connectivity index (χ4v) is 5.33. The number of halogens is 1. The minimum absolute atomic E-state index is 0.0592. The molecule has 0 aliphatic carbocycles. The van der Waals surface area contributed by atoms with Gasteiger partial charge >= 0.3 is 0 Å². The zero-order valence-corrected chi connectivity index (χ0v) is 20.1. The molecule has 0 radical (unpaired) electrons. The number of hydrogen-bond acceptors (Lipinski definition) is 5. The third kappa shape index (κ3) is 4.39. The van der Waals surface area contributed by atoms with Gasteiger partial charge in [0.05, 0.1) is 5.69 Å². The van der Waals surface area contributed by atoms with Crippen molar-refractivity contribution in [1.29, 1.82) is 0 Å². The molecule has 8 heteroatoms. The maximum absolute atomic E-state index is 13.3. The summed E-state index contributed by atoms with van der Waals surface area (Å²) in [6.45, 7) is 4.86. The molecule has 1 amide bonds. The number of carbonyl (C=O) groups is 1. The van der Waals surface area contributed by atoms with E-state index in [0.717, 1.165) is 74.7 Å². The van der Waals surface area contributed by atoms with Gasteiger partial charge in [-0.1, -0.05) is 18.2 Å². The zero-order valence-electron chi connectivity index (χ0n) is 20.1. The SMILES string of the molecule is O=C(C1CCN(c2nccn3nc(-c4ccc(F)cc4)cc23)CC1)N1CCN(c2ccccc2)CC1. The number of anilines is 2. The molecule has 2 fully saturated rings. The third-order valence-electron chi connectivity index (χ3n) is 7.37. The second-order valence-electron chi connectivity index (χ2n) is 9.53. The van der Waals surface area contributed by atoms with E-state index >= 15 is 0 Å². The molecule has 36 heavy (non-hydrogen) atoms. The van der Waals surface area contributed by atoms with E-state index in [4.69, 9.17) is 0 Å². The molecule has 0 saturated carbocycles. The fourth-order valence-electron chi connectivity index (χ4n) is 5.33. The molecular formula is C28H29FN6O. The van der Waals surface area contributed by atoms with Crippen molar-refractivity contribution in [2.45, 2.75) is 12.8 Å². The molecule has 2 saturated heterocycles. The summed E-state index contributed by atoms with van der Waals surface area (Å²) in [7, 11) is 0. The van der Waals surface area contributed by atoms with Crippen molar-refractivity contribution in [3.63, 3.8) is 0 Å². The summed E-state index contributed by atoms with van der Waals surface area (Å²) in [5.74, 6) is 0.960. The van der Waals surface area contributed by atoms with Crippen LogP contribution in [-0.2, 0) is 4.79 Å². The van der Waals surface area contributed by atoms with Crippen LogP contribution in [0.1, 0.15) is 12.8 Å². The van der Waals surface area contributed by atoms with Gasteiger partial charge in [-0.15, -0.1) is 0 Å². The Hall–Kier alpha value is -3.94. The smallest absolute Gasteiger partial charge is 0.225 e. The van der Waals surface area contributed by atoms with Gasteiger partial charge in [0.25, 0.3) is 0 Å². The molecule has 2 aliphatic rings. The molecule has 2 aliphatic heterocycles. The van der Waals surface area contributed by atoms with Gasteiger partial charge in [0.1, 0.15) is 11.3 Å². The highest BCUT2D eigenvalue weighted by Gasteiger charge is 2.31. The molecule has 4 aromatic rings. The normalized spacial score (nSPS) is 17.1. The number of amides is 1.